The Hall–Kier alpha value is -1.62. The van der Waals surface area contributed by atoms with Gasteiger partial charge in [0.15, 0.2) is 0 Å². The molecule has 4 N–H and O–H groups in total. The predicted octanol–water partition coefficient (Wildman–Crippen LogP) is 0.424. The van der Waals surface area contributed by atoms with E-state index in [0.717, 1.165) is 0 Å². The van der Waals surface area contributed by atoms with Crippen LogP contribution in [0.25, 0.3) is 0 Å². The molecule has 14 heavy (non-hydrogen) atoms. The summed E-state index contributed by atoms with van der Waals surface area (Å²) in [4.78, 5) is 4.08. The summed E-state index contributed by atoms with van der Waals surface area (Å²) in [6.07, 6.45) is 1.65. The van der Waals surface area contributed by atoms with Crippen molar-refractivity contribution < 1.29 is 4.74 Å². The molecule has 1 heterocycles. The summed E-state index contributed by atoms with van der Waals surface area (Å²) in [5, 5.41) is 10.4. The average Bonchev–Trinajstić information content (AvgIpc) is 2.19. The smallest absolute Gasteiger partial charge is 0.136 e. The zero-order valence-corrected chi connectivity index (χ0v) is 8.08. The first-order valence-corrected chi connectivity index (χ1v) is 4.28. The van der Waals surface area contributed by atoms with E-state index in [1.165, 1.54) is 0 Å². The molecule has 0 aliphatic rings. The molecule has 1 rings (SSSR count). The van der Waals surface area contributed by atoms with Crippen LogP contribution in [-0.2, 0) is 4.74 Å². The second kappa shape index (κ2) is 5.18. The molecule has 0 radical (unpaired) electrons. The van der Waals surface area contributed by atoms with Crippen molar-refractivity contribution in [2.75, 3.05) is 25.6 Å². The first-order chi connectivity index (χ1) is 6.75. The summed E-state index contributed by atoms with van der Waals surface area (Å²) in [6.45, 7) is 1.24. The van der Waals surface area contributed by atoms with Crippen LogP contribution in [0.1, 0.15) is 5.56 Å². The van der Waals surface area contributed by atoms with Crippen molar-refractivity contribution in [3.63, 3.8) is 0 Å². The molecular weight excluding hydrogens is 180 g/mol. The number of nitrogens with zero attached hydrogens (tertiary/aromatic N) is 1. The fourth-order valence-corrected chi connectivity index (χ4v) is 1.04. The maximum Gasteiger partial charge on any atom is 0.136 e. The van der Waals surface area contributed by atoms with Gasteiger partial charge in [-0.05, 0) is 12.1 Å². The van der Waals surface area contributed by atoms with Crippen molar-refractivity contribution in [3.05, 3.63) is 23.9 Å². The van der Waals surface area contributed by atoms with Crippen LogP contribution in [0, 0.1) is 5.41 Å². The van der Waals surface area contributed by atoms with E-state index in [4.69, 9.17) is 15.9 Å². The third-order valence-corrected chi connectivity index (χ3v) is 1.70. The lowest BCUT2D eigenvalue weighted by Crippen LogP contribution is -2.17. The Morgan fingerprint density at radius 1 is 1.71 bits per heavy atom. The van der Waals surface area contributed by atoms with Gasteiger partial charge in [-0.1, -0.05) is 0 Å². The first kappa shape index (κ1) is 10.5. The summed E-state index contributed by atoms with van der Waals surface area (Å²) >= 11 is 0. The van der Waals surface area contributed by atoms with Gasteiger partial charge >= 0.3 is 0 Å². The highest BCUT2D eigenvalue weighted by molar-refractivity contribution is 5.99. The fourth-order valence-electron chi connectivity index (χ4n) is 1.04. The predicted molar refractivity (Wildman–Crippen MR) is 55.6 cm³/mol. The molecule has 0 bridgehead atoms. The van der Waals surface area contributed by atoms with Gasteiger partial charge in [0.1, 0.15) is 11.7 Å². The fraction of sp³-hybridized carbons (Fsp3) is 0.333. The van der Waals surface area contributed by atoms with E-state index in [2.05, 4.69) is 10.3 Å². The number of methoxy groups -OCH3 is 1. The van der Waals surface area contributed by atoms with Gasteiger partial charge in [0.05, 0.1) is 12.2 Å². The van der Waals surface area contributed by atoms with Crippen LogP contribution in [0.5, 0.6) is 0 Å². The molecule has 0 fully saturated rings. The highest BCUT2D eigenvalue weighted by Crippen LogP contribution is 2.09. The van der Waals surface area contributed by atoms with Crippen molar-refractivity contribution in [1.29, 1.82) is 5.41 Å². The number of anilines is 1. The van der Waals surface area contributed by atoms with Crippen molar-refractivity contribution in [2.24, 2.45) is 5.73 Å². The third-order valence-electron chi connectivity index (χ3n) is 1.70. The molecule has 0 spiro atoms. The summed E-state index contributed by atoms with van der Waals surface area (Å²) < 4.78 is 4.89. The molecule has 0 saturated heterocycles. The lowest BCUT2D eigenvalue weighted by Gasteiger charge is -2.08. The summed E-state index contributed by atoms with van der Waals surface area (Å²) in [5.74, 6) is 0.634. The molecule has 5 nitrogen and oxygen atoms in total. The normalized spacial score (nSPS) is 9.79. The number of nitrogen functional groups attached to an aromatic ring is 1. The van der Waals surface area contributed by atoms with E-state index in [0.29, 0.717) is 24.5 Å². The summed E-state index contributed by atoms with van der Waals surface area (Å²) in [6, 6.07) is 3.50. The Bertz CT molecular complexity index is 313. The van der Waals surface area contributed by atoms with Gasteiger partial charge in [-0.15, -0.1) is 0 Å². The van der Waals surface area contributed by atoms with E-state index >= 15 is 0 Å². The first-order valence-electron chi connectivity index (χ1n) is 4.28. The van der Waals surface area contributed by atoms with E-state index in [-0.39, 0.29) is 5.84 Å². The van der Waals surface area contributed by atoms with E-state index < -0.39 is 0 Å². The zero-order valence-electron chi connectivity index (χ0n) is 8.08. The third kappa shape index (κ3) is 2.70. The van der Waals surface area contributed by atoms with Gasteiger partial charge < -0.3 is 15.8 Å². The molecule has 0 aliphatic heterocycles. The molecule has 0 amide bonds. The second-order valence-electron chi connectivity index (χ2n) is 2.73. The van der Waals surface area contributed by atoms with Gasteiger partial charge in [0.2, 0.25) is 0 Å². The molecular formula is C9H14N4O. The van der Waals surface area contributed by atoms with Crippen LogP contribution in [0.4, 0.5) is 5.82 Å². The van der Waals surface area contributed by atoms with Crippen molar-refractivity contribution in [3.8, 4) is 0 Å². The number of nitrogens with one attached hydrogen (secondary N) is 2. The number of hydrogen-bond donors (Lipinski definition) is 3. The Morgan fingerprint density at radius 2 is 2.50 bits per heavy atom. The maximum atomic E-state index is 7.32. The quantitative estimate of drug-likeness (QED) is 0.360. The Morgan fingerprint density at radius 3 is 3.14 bits per heavy atom. The van der Waals surface area contributed by atoms with Crippen molar-refractivity contribution in [1.82, 2.24) is 4.98 Å². The van der Waals surface area contributed by atoms with Crippen LogP contribution < -0.4 is 11.1 Å². The minimum atomic E-state index is 0.0121. The number of ether oxygens (including phenoxy) is 1. The molecule has 1 aromatic rings. The van der Waals surface area contributed by atoms with Gasteiger partial charge in [0.25, 0.3) is 0 Å². The van der Waals surface area contributed by atoms with Gasteiger partial charge in [-0.25, -0.2) is 4.98 Å². The topological polar surface area (TPSA) is 84.0 Å². The molecule has 0 aliphatic carbocycles. The molecule has 0 aromatic carbocycles. The second-order valence-corrected chi connectivity index (χ2v) is 2.73. The zero-order chi connectivity index (χ0) is 10.4. The SMILES string of the molecule is COCCNc1ncccc1C(=N)N. The minimum absolute atomic E-state index is 0.0121. The van der Waals surface area contributed by atoms with Gasteiger partial charge in [-0.3, -0.25) is 5.41 Å². The standard InChI is InChI=1S/C9H14N4O/c1-14-6-5-13-9-7(8(10)11)3-2-4-12-9/h2-4H,5-6H2,1H3,(H3,10,11)(H,12,13). The van der Waals surface area contributed by atoms with E-state index in [1.54, 1.807) is 25.4 Å². The largest absolute Gasteiger partial charge is 0.384 e. The number of amidine groups is 1. The minimum Gasteiger partial charge on any atom is -0.384 e. The van der Waals surface area contributed by atoms with E-state index in [9.17, 15) is 0 Å². The van der Waals surface area contributed by atoms with Crippen molar-refractivity contribution >= 4 is 11.7 Å². The van der Waals surface area contributed by atoms with Crippen molar-refractivity contribution in [2.45, 2.75) is 0 Å². The van der Waals surface area contributed by atoms with Crippen LogP contribution in [0.3, 0.4) is 0 Å². The Labute approximate surface area is 82.8 Å². The lowest BCUT2D eigenvalue weighted by molar-refractivity contribution is 0.210. The number of nitrogens with two attached hydrogens (primary N) is 1. The molecule has 5 heteroatoms. The van der Waals surface area contributed by atoms with Crippen LogP contribution in [0.2, 0.25) is 0 Å². The molecule has 0 atom stereocenters. The molecule has 1 aromatic heterocycles. The number of hydrogen-bond acceptors (Lipinski definition) is 4. The highest BCUT2D eigenvalue weighted by Gasteiger charge is 2.04. The summed E-state index contributed by atoms with van der Waals surface area (Å²) in [5.41, 5.74) is 6.01. The molecule has 0 unspecified atom stereocenters. The van der Waals surface area contributed by atoms with Gasteiger partial charge in [0, 0.05) is 19.9 Å². The lowest BCUT2D eigenvalue weighted by atomic mass is 10.2. The highest BCUT2D eigenvalue weighted by atomic mass is 16.5. The van der Waals surface area contributed by atoms with Gasteiger partial charge in [-0.2, -0.15) is 0 Å². The van der Waals surface area contributed by atoms with Crippen LogP contribution >= 0.6 is 0 Å². The number of pyridine rings is 1. The monoisotopic (exact) mass is 194 g/mol. The Balaban J connectivity index is 2.69. The molecule has 0 saturated carbocycles. The summed E-state index contributed by atoms with van der Waals surface area (Å²) in [7, 11) is 1.63. The average molecular weight is 194 g/mol. The maximum absolute atomic E-state index is 7.32. The van der Waals surface area contributed by atoms with Crippen LogP contribution in [-0.4, -0.2) is 31.1 Å². The van der Waals surface area contributed by atoms with Crippen LogP contribution in [0.15, 0.2) is 18.3 Å². The number of aromatic nitrogens is 1. The van der Waals surface area contributed by atoms with E-state index in [1.807, 2.05) is 0 Å². The number of rotatable bonds is 5. The molecule has 76 valence electrons. The Kier molecular flexibility index (Phi) is 3.87.